The summed E-state index contributed by atoms with van der Waals surface area (Å²) < 4.78 is 0. The lowest BCUT2D eigenvalue weighted by Gasteiger charge is -2.20. The van der Waals surface area contributed by atoms with Crippen molar-refractivity contribution in [1.29, 1.82) is 0 Å². The summed E-state index contributed by atoms with van der Waals surface area (Å²) in [5.41, 5.74) is 0.460. The summed E-state index contributed by atoms with van der Waals surface area (Å²) >= 11 is 0. The number of carbonyl (C=O) groups is 1. The van der Waals surface area contributed by atoms with Gasteiger partial charge in [-0.15, -0.1) is 0 Å². The molecule has 6 nitrogen and oxygen atoms in total. The van der Waals surface area contributed by atoms with Crippen LogP contribution in [0, 0.1) is 0 Å². The van der Waals surface area contributed by atoms with Gasteiger partial charge in [-0.1, -0.05) is 18.2 Å². The van der Waals surface area contributed by atoms with Gasteiger partial charge >= 0.3 is 0 Å². The number of aliphatic hydroxyl groups is 4. The van der Waals surface area contributed by atoms with Gasteiger partial charge in [0.1, 0.15) is 12.2 Å². The number of carbonyl (C=O) groups excluding carboxylic acids is 1. The second-order valence-electron chi connectivity index (χ2n) is 3.54. The van der Waals surface area contributed by atoms with Crippen LogP contribution in [0.4, 0.5) is 5.69 Å². The monoisotopic (exact) mass is 241 g/mol. The van der Waals surface area contributed by atoms with Crippen LogP contribution in [0.2, 0.25) is 0 Å². The van der Waals surface area contributed by atoms with Gasteiger partial charge in [-0.2, -0.15) is 0 Å². The Labute approximate surface area is 98.1 Å². The van der Waals surface area contributed by atoms with E-state index in [-0.39, 0.29) is 0 Å². The van der Waals surface area contributed by atoms with Gasteiger partial charge < -0.3 is 25.7 Å². The normalized spacial score (nSPS) is 16.0. The summed E-state index contributed by atoms with van der Waals surface area (Å²) in [6.07, 6.45) is -5.10. The summed E-state index contributed by atoms with van der Waals surface area (Å²) in [6, 6.07) is 8.37. The molecule has 0 bridgehead atoms. The van der Waals surface area contributed by atoms with E-state index in [0.29, 0.717) is 5.69 Å². The van der Waals surface area contributed by atoms with Crippen LogP contribution in [0.5, 0.6) is 0 Å². The van der Waals surface area contributed by atoms with Gasteiger partial charge in [0.2, 0.25) is 0 Å². The fourth-order valence-corrected chi connectivity index (χ4v) is 1.21. The molecule has 3 atom stereocenters. The van der Waals surface area contributed by atoms with Crippen LogP contribution in [-0.2, 0) is 4.79 Å². The van der Waals surface area contributed by atoms with E-state index < -0.39 is 30.8 Å². The molecule has 0 unspecified atom stereocenters. The molecule has 0 aliphatic heterocycles. The first-order valence-corrected chi connectivity index (χ1v) is 5.07. The molecule has 0 fully saturated rings. The van der Waals surface area contributed by atoms with Gasteiger partial charge in [0.05, 0.1) is 6.61 Å². The largest absolute Gasteiger partial charge is 0.394 e. The molecule has 0 saturated heterocycles. The van der Waals surface area contributed by atoms with Crippen molar-refractivity contribution in [2.24, 2.45) is 0 Å². The second kappa shape index (κ2) is 6.31. The maximum Gasteiger partial charge on any atom is 0.256 e. The van der Waals surface area contributed by atoms with E-state index >= 15 is 0 Å². The molecule has 0 spiro atoms. The van der Waals surface area contributed by atoms with Crippen LogP contribution in [-0.4, -0.2) is 51.3 Å². The van der Waals surface area contributed by atoms with Gasteiger partial charge in [0.15, 0.2) is 6.10 Å². The van der Waals surface area contributed by atoms with Crippen LogP contribution >= 0.6 is 0 Å². The van der Waals surface area contributed by atoms with E-state index in [0.717, 1.165) is 0 Å². The van der Waals surface area contributed by atoms with Gasteiger partial charge in [-0.05, 0) is 12.1 Å². The summed E-state index contributed by atoms with van der Waals surface area (Å²) in [6.45, 7) is -0.739. The van der Waals surface area contributed by atoms with E-state index in [1.54, 1.807) is 30.3 Å². The van der Waals surface area contributed by atoms with E-state index in [4.69, 9.17) is 10.2 Å². The SMILES string of the molecule is O=C(Nc1ccccc1)[C@@H](O)[C@@H](O)[C@@H](O)CO. The Balaban J connectivity index is 2.59. The number of benzene rings is 1. The Morgan fingerprint density at radius 2 is 1.76 bits per heavy atom. The lowest BCUT2D eigenvalue weighted by Crippen LogP contribution is -2.46. The highest BCUT2D eigenvalue weighted by molar-refractivity contribution is 5.94. The zero-order valence-corrected chi connectivity index (χ0v) is 9.02. The third-order valence-electron chi connectivity index (χ3n) is 2.21. The Bertz CT molecular complexity index is 356. The molecule has 17 heavy (non-hydrogen) atoms. The van der Waals surface area contributed by atoms with Crippen molar-refractivity contribution in [2.45, 2.75) is 18.3 Å². The zero-order valence-electron chi connectivity index (χ0n) is 9.02. The molecule has 0 radical (unpaired) electrons. The van der Waals surface area contributed by atoms with Crippen LogP contribution < -0.4 is 5.32 Å². The van der Waals surface area contributed by atoms with E-state index in [1.807, 2.05) is 0 Å². The Kier molecular flexibility index (Phi) is 5.05. The summed E-state index contributed by atoms with van der Waals surface area (Å²) in [5.74, 6) is -0.851. The summed E-state index contributed by atoms with van der Waals surface area (Å²) in [5, 5.41) is 38.7. The molecule has 1 aromatic rings. The van der Waals surface area contributed by atoms with Crippen molar-refractivity contribution in [1.82, 2.24) is 0 Å². The average molecular weight is 241 g/mol. The van der Waals surface area contributed by atoms with Crippen molar-refractivity contribution < 1.29 is 25.2 Å². The molecule has 6 heteroatoms. The van der Waals surface area contributed by atoms with Gasteiger partial charge in [-0.3, -0.25) is 4.79 Å². The van der Waals surface area contributed by atoms with E-state index in [9.17, 15) is 15.0 Å². The molecule has 0 aromatic heterocycles. The number of para-hydroxylation sites is 1. The number of nitrogens with one attached hydrogen (secondary N) is 1. The standard InChI is InChI=1S/C11H15NO5/c13-6-8(14)9(15)10(16)11(17)12-7-4-2-1-3-5-7/h1-5,8-10,13-16H,6H2,(H,12,17)/t8-,9-,10-/m0/s1. The molecular weight excluding hydrogens is 226 g/mol. The highest BCUT2D eigenvalue weighted by Crippen LogP contribution is 2.08. The minimum atomic E-state index is -1.81. The van der Waals surface area contributed by atoms with Gasteiger partial charge in [-0.25, -0.2) is 0 Å². The first kappa shape index (κ1) is 13.6. The summed E-state index contributed by atoms with van der Waals surface area (Å²) in [4.78, 5) is 11.5. The maximum absolute atomic E-state index is 11.5. The van der Waals surface area contributed by atoms with Crippen molar-refractivity contribution in [3.8, 4) is 0 Å². The van der Waals surface area contributed by atoms with Crippen LogP contribution in [0.15, 0.2) is 30.3 Å². The van der Waals surface area contributed by atoms with Crippen molar-refractivity contribution in [2.75, 3.05) is 11.9 Å². The maximum atomic E-state index is 11.5. The molecule has 0 aliphatic carbocycles. The van der Waals surface area contributed by atoms with Crippen molar-refractivity contribution in [3.05, 3.63) is 30.3 Å². The summed E-state index contributed by atoms with van der Waals surface area (Å²) in [7, 11) is 0. The predicted octanol–water partition coefficient (Wildman–Crippen LogP) is -1.30. The fourth-order valence-electron chi connectivity index (χ4n) is 1.21. The van der Waals surface area contributed by atoms with E-state index in [2.05, 4.69) is 5.32 Å². The Morgan fingerprint density at radius 1 is 1.18 bits per heavy atom. The number of amides is 1. The lowest BCUT2D eigenvalue weighted by molar-refractivity contribution is -0.137. The quantitative estimate of drug-likeness (QED) is 0.440. The topological polar surface area (TPSA) is 110 Å². The highest BCUT2D eigenvalue weighted by Gasteiger charge is 2.29. The molecule has 94 valence electrons. The molecule has 5 N–H and O–H groups in total. The molecule has 0 heterocycles. The van der Waals surface area contributed by atoms with Gasteiger partial charge in [0, 0.05) is 5.69 Å². The van der Waals surface area contributed by atoms with Gasteiger partial charge in [0.25, 0.3) is 5.91 Å². The number of aliphatic hydroxyl groups excluding tert-OH is 4. The number of rotatable bonds is 5. The Hall–Kier alpha value is -1.47. The van der Waals surface area contributed by atoms with Crippen LogP contribution in [0.1, 0.15) is 0 Å². The number of hydrogen-bond donors (Lipinski definition) is 5. The first-order chi connectivity index (χ1) is 8.06. The average Bonchev–Trinajstić information content (AvgIpc) is 2.37. The van der Waals surface area contributed by atoms with Crippen molar-refractivity contribution in [3.63, 3.8) is 0 Å². The predicted molar refractivity (Wildman–Crippen MR) is 60.2 cm³/mol. The zero-order chi connectivity index (χ0) is 12.8. The molecule has 1 amide bonds. The third kappa shape index (κ3) is 3.79. The van der Waals surface area contributed by atoms with E-state index in [1.165, 1.54) is 0 Å². The highest BCUT2D eigenvalue weighted by atomic mass is 16.4. The molecule has 0 saturated carbocycles. The number of anilines is 1. The lowest BCUT2D eigenvalue weighted by atomic mass is 10.1. The molecule has 0 aliphatic rings. The second-order valence-corrected chi connectivity index (χ2v) is 3.54. The molecule has 1 rings (SSSR count). The number of hydrogen-bond acceptors (Lipinski definition) is 5. The fraction of sp³-hybridized carbons (Fsp3) is 0.364. The minimum Gasteiger partial charge on any atom is -0.394 e. The smallest absolute Gasteiger partial charge is 0.256 e. The third-order valence-corrected chi connectivity index (χ3v) is 2.21. The molecular formula is C11H15NO5. The first-order valence-electron chi connectivity index (χ1n) is 5.07. The molecule has 1 aromatic carbocycles. The van der Waals surface area contributed by atoms with Crippen molar-refractivity contribution >= 4 is 11.6 Å². The minimum absolute atomic E-state index is 0.460. The van der Waals surface area contributed by atoms with Crippen LogP contribution in [0.3, 0.4) is 0 Å². The van der Waals surface area contributed by atoms with Crippen LogP contribution in [0.25, 0.3) is 0 Å². The Morgan fingerprint density at radius 3 is 2.29 bits per heavy atom.